The molecule has 0 bridgehead atoms. The molecule has 3 aromatic rings. The number of nitro benzene ring substituents is 1. The Kier molecular flexibility index (Phi) is 5.27. The van der Waals surface area contributed by atoms with Crippen molar-refractivity contribution in [1.82, 2.24) is 4.90 Å². The van der Waals surface area contributed by atoms with Crippen LogP contribution in [-0.2, 0) is 0 Å². The standard InChI is InChI=1S/C23H23N3O4/c1-16-4-3-5-20(17(16)2)24-12-14-25(15-13-24)23(27)22-11-10-21(30-22)18-6-8-19(9-7-18)26(28)29/h3-11H,12-15H2,1-2H3. The van der Waals surface area contributed by atoms with Crippen LogP contribution in [0, 0.1) is 24.0 Å². The Labute approximate surface area is 174 Å². The summed E-state index contributed by atoms with van der Waals surface area (Å²) in [6.45, 7) is 7.03. The SMILES string of the molecule is Cc1cccc(N2CCN(C(=O)c3ccc(-c4ccc([N+](=O)[O-])cc4)o3)CC2)c1C. The molecule has 0 radical (unpaired) electrons. The van der Waals surface area contributed by atoms with E-state index >= 15 is 0 Å². The van der Waals surface area contributed by atoms with E-state index in [2.05, 4.69) is 36.9 Å². The zero-order valence-corrected chi connectivity index (χ0v) is 17.0. The lowest BCUT2D eigenvalue weighted by molar-refractivity contribution is -0.384. The van der Waals surface area contributed by atoms with Crippen molar-refractivity contribution in [2.45, 2.75) is 13.8 Å². The van der Waals surface area contributed by atoms with Gasteiger partial charge in [-0.1, -0.05) is 12.1 Å². The maximum atomic E-state index is 12.9. The highest BCUT2D eigenvalue weighted by Crippen LogP contribution is 2.27. The zero-order valence-electron chi connectivity index (χ0n) is 17.0. The molecule has 1 fully saturated rings. The number of hydrogen-bond donors (Lipinski definition) is 0. The lowest BCUT2D eigenvalue weighted by Gasteiger charge is -2.36. The van der Waals surface area contributed by atoms with E-state index in [1.165, 1.54) is 28.9 Å². The highest BCUT2D eigenvalue weighted by atomic mass is 16.6. The molecule has 0 atom stereocenters. The summed E-state index contributed by atoms with van der Waals surface area (Å²) in [4.78, 5) is 27.3. The topological polar surface area (TPSA) is 79.8 Å². The Morgan fingerprint density at radius 2 is 1.67 bits per heavy atom. The summed E-state index contributed by atoms with van der Waals surface area (Å²) in [6.07, 6.45) is 0. The molecule has 154 valence electrons. The molecule has 0 spiro atoms. The van der Waals surface area contributed by atoms with Crippen LogP contribution in [0.2, 0.25) is 0 Å². The minimum Gasteiger partial charge on any atom is -0.451 e. The number of amides is 1. The molecule has 1 saturated heterocycles. The predicted molar refractivity (Wildman–Crippen MR) is 115 cm³/mol. The third-order valence-electron chi connectivity index (χ3n) is 5.66. The number of aryl methyl sites for hydroxylation is 1. The molecule has 1 aliphatic heterocycles. The van der Waals surface area contributed by atoms with Gasteiger partial charge >= 0.3 is 0 Å². The van der Waals surface area contributed by atoms with Gasteiger partial charge in [-0.15, -0.1) is 0 Å². The number of carbonyl (C=O) groups excluding carboxylic acids is 1. The average Bonchev–Trinajstić information content (AvgIpc) is 3.26. The number of furan rings is 1. The van der Waals surface area contributed by atoms with Gasteiger partial charge in [0.25, 0.3) is 11.6 Å². The molecule has 0 saturated carbocycles. The van der Waals surface area contributed by atoms with Crippen LogP contribution in [0.3, 0.4) is 0 Å². The second-order valence-corrected chi connectivity index (χ2v) is 7.47. The molecular weight excluding hydrogens is 382 g/mol. The molecule has 1 aliphatic rings. The Bertz CT molecular complexity index is 1080. The molecule has 2 heterocycles. The number of anilines is 1. The first-order valence-corrected chi connectivity index (χ1v) is 9.89. The summed E-state index contributed by atoms with van der Waals surface area (Å²) < 4.78 is 5.76. The van der Waals surface area contributed by atoms with E-state index in [0.29, 0.717) is 24.4 Å². The number of benzene rings is 2. The van der Waals surface area contributed by atoms with E-state index in [-0.39, 0.29) is 17.4 Å². The predicted octanol–water partition coefficient (Wildman–Crippen LogP) is 4.43. The highest BCUT2D eigenvalue weighted by molar-refractivity contribution is 5.92. The minimum absolute atomic E-state index is 0.0170. The zero-order chi connectivity index (χ0) is 21.3. The maximum absolute atomic E-state index is 12.9. The van der Waals surface area contributed by atoms with E-state index in [9.17, 15) is 14.9 Å². The molecule has 0 aliphatic carbocycles. The van der Waals surface area contributed by atoms with Crippen LogP contribution < -0.4 is 4.90 Å². The summed E-state index contributed by atoms with van der Waals surface area (Å²) in [7, 11) is 0. The van der Waals surface area contributed by atoms with Crippen molar-refractivity contribution in [1.29, 1.82) is 0 Å². The lowest BCUT2D eigenvalue weighted by atomic mass is 10.1. The first-order chi connectivity index (χ1) is 14.4. The van der Waals surface area contributed by atoms with Crippen molar-refractivity contribution in [2.24, 2.45) is 0 Å². The summed E-state index contributed by atoms with van der Waals surface area (Å²) in [5.41, 5.74) is 4.47. The fraction of sp³-hybridized carbons (Fsp3) is 0.261. The van der Waals surface area contributed by atoms with Gasteiger partial charge in [0.1, 0.15) is 5.76 Å². The number of non-ortho nitro benzene ring substituents is 1. The molecule has 7 nitrogen and oxygen atoms in total. The van der Waals surface area contributed by atoms with Crippen molar-refractivity contribution < 1.29 is 14.1 Å². The van der Waals surface area contributed by atoms with Gasteiger partial charge in [-0.25, -0.2) is 0 Å². The van der Waals surface area contributed by atoms with Gasteiger partial charge in [-0.2, -0.15) is 0 Å². The van der Waals surface area contributed by atoms with Crippen LogP contribution in [-0.4, -0.2) is 41.9 Å². The number of nitro groups is 1. The fourth-order valence-corrected chi connectivity index (χ4v) is 3.74. The summed E-state index contributed by atoms with van der Waals surface area (Å²) >= 11 is 0. The van der Waals surface area contributed by atoms with Gasteiger partial charge in [0, 0.05) is 49.6 Å². The van der Waals surface area contributed by atoms with Gasteiger partial charge in [0.15, 0.2) is 5.76 Å². The molecule has 2 aromatic carbocycles. The van der Waals surface area contributed by atoms with Crippen LogP contribution in [0.1, 0.15) is 21.7 Å². The summed E-state index contributed by atoms with van der Waals surface area (Å²) in [5.74, 6) is 0.662. The van der Waals surface area contributed by atoms with E-state index in [0.717, 1.165) is 13.1 Å². The van der Waals surface area contributed by atoms with Gasteiger partial charge < -0.3 is 14.2 Å². The fourth-order valence-electron chi connectivity index (χ4n) is 3.74. The monoisotopic (exact) mass is 405 g/mol. The second kappa shape index (κ2) is 8.02. The molecule has 4 rings (SSSR count). The quantitative estimate of drug-likeness (QED) is 0.474. The molecule has 1 aromatic heterocycles. The van der Waals surface area contributed by atoms with Crippen LogP contribution in [0.5, 0.6) is 0 Å². The van der Waals surface area contributed by atoms with Crippen LogP contribution in [0.15, 0.2) is 59.0 Å². The van der Waals surface area contributed by atoms with Gasteiger partial charge in [0.2, 0.25) is 0 Å². The van der Waals surface area contributed by atoms with E-state index in [1.807, 2.05) is 0 Å². The Morgan fingerprint density at radius 1 is 0.967 bits per heavy atom. The number of hydrogen-bond acceptors (Lipinski definition) is 5. The first-order valence-electron chi connectivity index (χ1n) is 9.89. The molecule has 7 heteroatoms. The van der Waals surface area contributed by atoms with Crippen molar-refractivity contribution in [2.75, 3.05) is 31.1 Å². The van der Waals surface area contributed by atoms with Gasteiger partial charge in [-0.3, -0.25) is 14.9 Å². The lowest BCUT2D eigenvalue weighted by Crippen LogP contribution is -2.49. The number of carbonyl (C=O) groups is 1. The molecular formula is C23H23N3O4. The van der Waals surface area contributed by atoms with Crippen LogP contribution >= 0.6 is 0 Å². The second-order valence-electron chi connectivity index (χ2n) is 7.47. The van der Waals surface area contributed by atoms with E-state index < -0.39 is 4.92 Å². The number of piperazine rings is 1. The van der Waals surface area contributed by atoms with Crippen molar-refractivity contribution in [3.05, 3.63) is 81.6 Å². The van der Waals surface area contributed by atoms with Crippen molar-refractivity contribution >= 4 is 17.3 Å². The third kappa shape index (κ3) is 3.78. The maximum Gasteiger partial charge on any atom is 0.289 e. The van der Waals surface area contributed by atoms with Crippen LogP contribution in [0.4, 0.5) is 11.4 Å². The Balaban J connectivity index is 1.42. The van der Waals surface area contributed by atoms with Crippen molar-refractivity contribution in [3.8, 4) is 11.3 Å². The number of rotatable bonds is 4. The largest absolute Gasteiger partial charge is 0.451 e. The molecule has 30 heavy (non-hydrogen) atoms. The number of nitrogens with zero attached hydrogens (tertiary/aromatic N) is 3. The third-order valence-corrected chi connectivity index (χ3v) is 5.66. The summed E-state index contributed by atoms with van der Waals surface area (Å²) in [6, 6.07) is 15.8. The van der Waals surface area contributed by atoms with Crippen molar-refractivity contribution in [3.63, 3.8) is 0 Å². The Hall–Kier alpha value is -3.61. The Morgan fingerprint density at radius 3 is 2.33 bits per heavy atom. The molecule has 0 N–H and O–H groups in total. The minimum atomic E-state index is -0.446. The van der Waals surface area contributed by atoms with E-state index in [4.69, 9.17) is 4.42 Å². The van der Waals surface area contributed by atoms with Gasteiger partial charge in [-0.05, 0) is 55.3 Å². The highest BCUT2D eigenvalue weighted by Gasteiger charge is 2.25. The average molecular weight is 405 g/mol. The first kappa shape index (κ1) is 19.7. The summed E-state index contributed by atoms with van der Waals surface area (Å²) in [5, 5.41) is 10.8. The van der Waals surface area contributed by atoms with Gasteiger partial charge in [0.05, 0.1) is 4.92 Å². The van der Waals surface area contributed by atoms with E-state index in [1.54, 1.807) is 29.2 Å². The molecule has 0 unspecified atom stereocenters. The smallest absolute Gasteiger partial charge is 0.289 e. The molecule has 1 amide bonds. The normalized spacial score (nSPS) is 14.1. The van der Waals surface area contributed by atoms with Crippen LogP contribution in [0.25, 0.3) is 11.3 Å².